The molecule has 0 spiro atoms. The maximum Gasteiger partial charge on any atom is 0.330 e. The van der Waals surface area contributed by atoms with Gasteiger partial charge < -0.3 is 89.0 Å². The van der Waals surface area contributed by atoms with Gasteiger partial charge in [0, 0.05) is 29.4 Å². The summed E-state index contributed by atoms with van der Waals surface area (Å²) in [7, 11) is 2.57. The number of methoxy groups -OCH3 is 2. The fourth-order valence-electron chi connectivity index (χ4n) is 6.25. The van der Waals surface area contributed by atoms with Crippen molar-refractivity contribution in [1.82, 2.24) is 0 Å². The second-order valence-corrected chi connectivity index (χ2v) is 13.2. The van der Waals surface area contributed by atoms with E-state index in [0.29, 0.717) is 5.56 Å². The molecular formula is C38H42O19. The molecular weight excluding hydrogens is 760 g/mol. The fourth-order valence-corrected chi connectivity index (χ4v) is 6.25. The lowest BCUT2D eigenvalue weighted by Gasteiger charge is -2.41. The van der Waals surface area contributed by atoms with E-state index in [-0.39, 0.29) is 57.2 Å². The molecule has 0 radical (unpaired) electrons. The zero-order valence-corrected chi connectivity index (χ0v) is 30.3. The number of allylic oxidation sites excluding steroid dienone is 2. The van der Waals surface area contributed by atoms with Crippen LogP contribution < -0.4 is 9.47 Å². The van der Waals surface area contributed by atoms with E-state index in [2.05, 4.69) is 0 Å². The summed E-state index contributed by atoms with van der Waals surface area (Å²) in [6.45, 7) is -1.35. The number of aromatic hydroxyl groups is 2. The average molecular weight is 803 g/mol. The second kappa shape index (κ2) is 17.4. The zero-order valence-electron chi connectivity index (χ0n) is 30.3. The number of carbonyl (C=O) groups is 1. The fraction of sp³-hybridized carbons (Fsp3) is 0.395. The number of ether oxygens (including phenoxy) is 8. The normalized spacial score (nSPS) is 31.3. The third-order valence-electron chi connectivity index (χ3n) is 9.39. The van der Waals surface area contributed by atoms with E-state index in [1.54, 1.807) is 12.1 Å². The highest BCUT2D eigenvalue weighted by molar-refractivity contribution is 5.87. The molecule has 2 aromatic carbocycles. The number of esters is 1. The Balaban J connectivity index is 1.32. The van der Waals surface area contributed by atoms with Crippen LogP contribution in [0.15, 0.2) is 83.6 Å². The predicted molar refractivity (Wildman–Crippen MR) is 191 cm³/mol. The van der Waals surface area contributed by atoms with Crippen LogP contribution >= 0.6 is 0 Å². The number of hydrogen-bond acceptors (Lipinski definition) is 19. The highest BCUT2D eigenvalue weighted by atomic mass is 16.7. The van der Waals surface area contributed by atoms with Crippen LogP contribution in [0.4, 0.5) is 0 Å². The van der Waals surface area contributed by atoms with Crippen LogP contribution in [0.3, 0.4) is 0 Å². The highest BCUT2D eigenvalue weighted by Crippen LogP contribution is 2.44. The quantitative estimate of drug-likeness (QED) is 0.0942. The van der Waals surface area contributed by atoms with E-state index < -0.39 is 86.7 Å². The number of aliphatic hydroxyl groups is 8. The van der Waals surface area contributed by atoms with Gasteiger partial charge in [-0.15, -0.1) is 0 Å². The Hall–Kier alpha value is -5.35. The van der Waals surface area contributed by atoms with Crippen LogP contribution in [0.2, 0.25) is 0 Å². The average Bonchev–Trinajstić information content (AvgIpc) is 3.20. The Labute approximate surface area is 324 Å². The van der Waals surface area contributed by atoms with Crippen molar-refractivity contribution in [3.05, 3.63) is 94.7 Å². The lowest BCUT2D eigenvalue weighted by molar-refractivity contribution is -0.292. The first-order chi connectivity index (χ1) is 27.2. The van der Waals surface area contributed by atoms with Crippen LogP contribution in [-0.4, -0.2) is 152 Å². The van der Waals surface area contributed by atoms with Gasteiger partial charge in [-0.05, 0) is 42.0 Å². The monoisotopic (exact) mass is 802 g/mol. The maximum absolute atomic E-state index is 12.5. The van der Waals surface area contributed by atoms with Crippen LogP contribution in [0, 0.1) is 0 Å². The van der Waals surface area contributed by atoms with Gasteiger partial charge in [0.1, 0.15) is 78.8 Å². The Kier molecular flexibility index (Phi) is 12.6. The van der Waals surface area contributed by atoms with Crippen molar-refractivity contribution in [2.75, 3.05) is 27.4 Å². The second-order valence-electron chi connectivity index (χ2n) is 13.2. The molecule has 2 fully saturated rings. The van der Waals surface area contributed by atoms with E-state index in [4.69, 9.17) is 37.9 Å². The first kappa shape index (κ1) is 41.3. The molecule has 0 bridgehead atoms. The van der Waals surface area contributed by atoms with E-state index in [1.807, 2.05) is 0 Å². The first-order valence-corrected chi connectivity index (χ1v) is 17.4. The summed E-state index contributed by atoms with van der Waals surface area (Å²) in [5.74, 6) is -2.23. The minimum absolute atomic E-state index is 0.0325. The van der Waals surface area contributed by atoms with E-state index in [0.717, 1.165) is 12.2 Å². The Bertz CT molecular complexity index is 1910. The molecule has 3 heterocycles. The molecule has 19 heteroatoms. The molecule has 0 saturated carbocycles. The summed E-state index contributed by atoms with van der Waals surface area (Å²) in [5, 5.41) is 104. The molecule has 11 unspecified atom stereocenters. The third kappa shape index (κ3) is 8.81. The summed E-state index contributed by atoms with van der Waals surface area (Å²) in [6, 6.07) is 8.66. The Morgan fingerprint density at radius 2 is 1.37 bits per heavy atom. The molecule has 3 aliphatic heterocycles. The highest BCUT2D eigenvalue weighted by Gasteiger charge is 2.48. The number of hydrogen-bond donors (Lipinski definition) is 10. The van der Waals surface area contributed by atoms with Gasteiger partial charge in [-0.1, -0.05) is 12.1 Å². The smallest absolute Gasteiger partial charge is 0.330 e. The summed E-state index contributed by atoms with van der Waals surface area (Å²) in [4.78, 5) is 12.5. The van der Waals surface area contributed by atoms with Crippen molar-refractivity contribution in [3.63, 3.8) is 0 Å². The van der Waals surface area contributed by atoms with Crippen molar-refractivity contribution in [3.8, 4) is 23.0 Å². The van der Waals surface area contributed by atoms with Crippen molar-refractivity contribution in [2.45, 2.75) is 67.5 Å². The maximum atomic E-state index is 12.5. The largest absolute Gasteiger partial charge is 0.508 e. The summed E-state index contributed by atoms with van der Waals surface area (Å²) in [6.07, 6.45) is -12.0. The predicted octanol–water partition coefficient (Wildman–Crippen LogP) is -0.655. The summed E-state index contributed by atoms with van der Waals surface area (Å²) >= 11 is 0. The third-order valence-corrected chi connectivity index (χ3v) is 9.39. The molecule has 10 N–H and O–H groups in total. The van der Waals surface area contributed by atoms with E-state index >= 15 is 0 Å². The van der Waals surface area contributed by atoms with Crippen molar-refractivity contribution >= 4 is 17.8 Å². The number of aliphatic hydroxyl groups excluding tert-OH is 8. The zero-order chi connectivity index (χ0) is 41.1. The lowest BCUT2D eigenvalue weighted by Crippen LogP contribution is -2.59. The molecule has 4 aliphatic rings. The molecule has 2 saturated heterocycles. The van der Waals surface area contributed by atoms with Gasteiger partial charge >= 0.3 is 5.97 Å². The van der Waals surface area contributed by atoms with Gasteiger partial charge in [-0.25, -0.2) is 4.79 Å². The number of phenols is 2. The molecule has 57 heavy (non-hydrogen) atoms. The number of fused-ring (bicyclic) bond motifs is 1. The molecule has 2 aromatic rings. The lowest BCUT2D eigenvalue weighted by atomic mass is 9.96. The van der Waals surface area contributed by atoms with Gasteiger partial charge in [0.05, 0.1) is 20.8 Å². The number of phenolic OH excluding ortho intramolecular Hbond substituents is 2. The Morgan fingerprint density at radius 3 is 1.98 bits per heavy atom. The minimum atomic E-state index is -1.91. The van der Waals surface area contributed by atoms with Crippen molar-refractivity contribution < 1.29 is 93.8 Å². The molecule has 19 nitrogen and oxygen atoms in total. The Morgan fingerprint density at radius 1 is 0.772 bits per heavy atom. The molecule has 0 aromatic heterocycles. The van der Waals surface area contributed by atoms with Gasteiger partial charge in [-0.3, -0.25) is 0 Å². The van der Waals surface area contributed by atoms with E-state index in [1.165, 1.54) is 56.7 Å². The molecule has 11 atom stereocenters. The van der Waals surface area contributed by atoms with Gasteiger partial charge in [0.15, 0.2) is 23.0 Å². The minimum Gasteiger partial charge on any atom is -0.508 e. The van der Waals surface area contributed by atoms with Crippen molar-refractivity contribution in [1.29, 1.82) is 0 Å². The van der Waals surface area contributed by atoms with E-state index in [9.17, 15) is 55.9 Å². The van der Waals surface area contributed by atoms with Gasteiger partial charge in [0.2, 0.25) is 18.3 Å². The van der Waals surface area contributed by atoms with Crippen LogP contribution in [0.5, 0.6) is 23.0 Å². The van der Waals surface area contributed by atoms with Gasteiger partial charge in [0.25, 0.3) is 0 Å². The van der Waals surface area contributed by atoms with Crippen LogP contribution in [0.25, 0.3) is 11.8 Å². The van der Waals surface area contributed by atoms with Crippen molar-refractivity contribution in [2.24, 2.45) is 0 Å². The number of rotatable bonds is 12. The topological polar surface area (TPSA) is 293 Å². The first-order valence-electron chi connectivity index (χ1n) is 17.4. The molecule has 0 amide bonds. The van der Waals surface area contributed by atoms with Crippen LogP contribution in [-0.2, 0) is 33.2 Å². The van der Waals surface area contributed by atoms with Crippen LogP contribution in [0.1, 0.15) is 11.1 Å². The summed E-state index contributed by atoms with van der Waals surface area (Å²) < 4.78 is 45.4. The van der Waals surface area contributed by atoms with Gasteiger partial charge in [-0.2, -0.15) is 0 Å². The number of carbonyl (C=O) groups excluding carboxylic acids is 1. The summed E-state index contributed by atoms with van der Waals surface area (Å²) in [5.41, 5.74) is 0.824. The number of benzene rings is 2. The molecule has 6 rings (SSSR count). The molecule has 1 aliphatic carbocycles. The SMILES string of the molecule is COc1cc(C2=C(OC3OC(COC(=O)C=Cc4ccc(O)cc4)C(O)C(O)C3O)C=C3C(OC4OC(CO)C(O)C(O)C4O)=CC(O)=CC3O2)cc(OC)c1O. The molecule has 308 valence electrons. The standard InChI is InChI=1S/C38H42O19/c1-50-23-9-17(10-24(51-2)29(23)43)36-25(13-20-21(53-36)11-19(41)12-22(20)54-37-34(48)32(46)30(44)26(14-39)56-37)55-38-35(49)33(47)31(45)27(57-38)15-52-28(42)8-5-16-3-6-18(40)7-4-16/h3-13,21,26-27,30-35,37-41,43-49H,14-15H2,1-2H3.